The zero-order chi connectivity index (χ0) is 15.9. The molecule has 1 amide bonds. The number of rotatable bonds is 6. The summed E-state index contributed by atoms with van der Waals surface area (Å²) in [7, 11) is 3.24. The molecule has 0 atom stereocenters. The van der Waals surface area contributed by atoms with E-state index in [9.17, 15) is 4.79 Å². The van der Waals surface area contributed by atoms with E-state index < -0.39 is 0 Å². The quantitative estimate of drug-likeness (QED) is 0.851. The molecule has 0 unspecified atom stereocenters. The van der Waals surface area contributed by atoms with Crippen LogP contribution in [0.2, 0.25) is 0 Å². The largest absolute Gasteiger partial charge is 0.496 e. The second-order valence-electron chi connectivity index (χ2n) is 4.86. The zero-order valence-corrected chi connectivity index (χ0v) is 13.0. The molecule has 1 heterocycles. The van der Waals surface area contributed by atoms with Crippen LogP contribution < -0.4 is 15.4 Å². The van der Waals surface area contributed by atoms with Crippen LogP contribution in [-0.4, -0.2) is 36.8 Å². The summed E-state index contributed by atoms with van der Waals surface area (Å²) in [5, 5.41) is 13.5. The minimum Gasteiger partial charge on any atom is -0.496 e. The molecule has 0 aliphatic heterocycles. The number of carbonyl (C=O) groups excluding carboxylic acids is 1. The number of hydrogen-bond acceptors (Lipinski definition) is 5. The van der Waals surface area contributed by atoms with Crippen LogP contribution in [0.3, 0.4) is 0 Å². The van der Waals surface area contributed by atoms with Gasteiger partial charge in [-0.3, -0.25) is 4.79 Å². The van der Waals surface area contributed by atoms with E-state index in [4.69, 9.17) is 4.74 Å². The van der Waals surface area contributed by atoms with Crippen molar-refractivity contribution in [3.8, 4) is 5.75 Å². The monoisotopic (exact) mass is 300 g/mol. The van der Waals surface area contributed by atoms with Crippen molar-refractivity contribution in [2.24, 2.45) is 0 Å². The van der Waals surface area contributed by atoms with Crippen LogP contribution in [-0.2, 0) is 6.42 Å². The predicted molar refractivity (Wildman–Crippen MR) is 85.3 cm³/mol. The van der Waals surface area contributed by atoms with Gasteiger partial charge in [0.05, 0.1) is 7.11 Å². The van der Waals surface area contributed by atoms with Gasteiger partial charge < -0.3 is 15.4 Å². The molecule has 0 saturated heterocycles. The third-order valence-electron chi connectivity index (χ3n) is 3.32. The molecule has 6 heteroatoms. The Hall–Kier alpha value is -2.63. The number of amides is 1. The van der Waals surface area contributed by atoms with Crippen molar-refractivity contribution in [3.63, 3.8) is 0 Å². The molecule has 1 aromatic carbocycles. The number of anilines is 1. The summed E-state index contributed by atoms with van der Waals surface area (Å²) in [5.74, 6) is 1.30. The fourth-order valence-corrected chi connectivity index (χ4v) is 2.03. The maximum atomic E-state index is 11.4. The van der Waals surface area contributed by atoms with Gasteiger partial charge in [-0.15, -0.1) is 10.2 Å². The van der Waals surface area contributed by atoms with Gasteiger partial charge in [-0.25, -0.2) is 0 Å². The summed E-state index contributed by atoms with van der Waals surface area (Å²) in [5.41, 5.74) is 2.61. The third kappa shape index (κ3) is 3.94. The summed E-state index contributed by atoms with van der Waals surface area (Å²) >= 11 is 0. The highest BCUT2D eigenvalue weighted by atomic mass is 16.5. The van der Waals surface area contributed by atoms with E-state index in [1.165, 1.54) is 5.56 Å². The van der Waals surface area contributed by atoms with Crippen molar-refractivity contribution in [2.75, 3.05) is 26.0 Å². The van der Waals surface area contributed by atoms with Crippen LogP contribution in [0.4, 0.5) is 5.82 Å². The molecule has 116 valence electrons. The lowest BCUT2D eigenvalue weighted by Gasteiger charge is -2.09. The van der Waals surface area contributed by atoms with Gasteiger partial charge in [0.1, 0.15) is 11.6 Å². The number of carbonyl (C=O) groups is 1. The molecule has 6 nitrogen and oxygen atoms in total. The minimum absolute atomic E-state index is 0.245. The predicted octanol–water partition coefficient (Wildman–Crippen LogP) is 1.81. The lowest BCUT2D eigenvalue weighted by Crippen LogP contribution is -2.20. The Morgan fingerprint density at radius 3 is 2.68 bits per heavy atom. The Balaban J connectivity index is 1.89. The second kappa shape index (κ2) is 7.40. The molecule has 0 spiro atoms. The van der Waals surface area contributed by atoms with E-state index in [1.54, 1.807) is 26.3 Å². The molecular formula is C16H20N4O2. The Bertz CT molecular complexity index is 641. The first-order valence-corrected chi connectivity index (χ1v) is 7.07. The molecule has 0 fully saturated rings. The molecule has 0 aliphatic carbocycles. The molecular weight excluding hydrogens is 280 g/mol. The number of nitrogens with one attached hydrogen (secondary N) is 2. The SMILES string of the molecule is CNC(=O)c1ccc(NCCc2ccc(C)c(OC)c2)nn1. The first kappa shape index (κ1) is 15.8. The van der Waals surface area contributed by atoms with Gasteiger partial charge >= 0.3 is 0 Å². The standard InChI is InChI=1S/C16H20N4O2/c1-11-4-5-12(10-14(11)22-3)8-9-18-15-7-6-13(19-20-15)16(21)17-2/h4-7,10H,8-9H2,1-3H3,(H,17,21)(H,18,20). The summed E-state index contributed by atoms with van der Waals surface area (Å²) in [6, 6.07) is 9.56. The summed E-state index contributed by atoms with van der Waals surface area (Å²) in [6.07, 6.45) is 0.843. The van der Waals surface area contributed by atoms with E-state index in [1.807, 2.05) is 19.1 Å². The topological polar surface area (TPSA) is 76.1 Å². The lowest BCUT2D eigenvalue weighted by atomic mass is 10.1. The highest BCUT2D eigenvalue weighted by Crippen LogP contribution is 2.19. The van der Waals surface area contributed by atoms with E-state index in [-0.39, 0.29) is 5.91 Å². The fourth-order valence-electron chi connectivity index (χ4n) is 2.03. The van der Waals surface area contributed by atoms with Gasteiger partial charge in [0.2, 0.25) is 0 Å². The van der Waals surface area contributed by atoms with E-state index in [2.05, 4.69) is 26.9 Å². The van der Waals surface area contributed by atoms with Crippen molar-refractivity contribution < 1.29 is 9.53 Å². The molecule has 0 bridgehead atoms. The number of nitrogens with zero attached hydrogens (tertiary/aromatic N) is 2. The Labute approximate surface area is 129 Å². The first-order valence-electron chi connectivity index (χ1n) is 7.07. The fraction of sp³-hybridized carbons (Fsp3) is 0.312. The van der Waals surface area contributed by atoms with Crippen LogP contribution in [0.1, 0.15) is 21.6 Å². The number of aromatic nitrogens is 2. The molecule has 22 heavy (non-hydrogen) atoms. The molecule has 2 N–H and O–H groups in total. The summed E-state index contributed by atoms with van der Waals surface area (Å²) in [4.78, 5) is 11.4. The van der Waals surface area contributed by atoms with Crippen molar-refractivity contribution in [2.45, 2.75) is 13.3 Å². The van der Waals surface area contributed by atoms with E-state index in [0.29, 0.717) is 11.5 Å². The van der Waals surface area contributed by atoms with Crippen molar-refractivity contribution in [3.05, 3.63) is 47.2 Å². The highest BCUT2D eigenvalue weighted by molar-refractivity contribution is 5.91. The lowest BCUT2D eigenvalue weighted by molar-refractivity contribution is 0.0957. The van der Waals surface area contributed by atoms with Crippen molar-refractivity contribution >= 4 is 11.7 Å². The zero-order valence-electron chi connectivity index (χ0n) is 13.0. The molecule has 1 aromatic heterocycles. The number of aryl methyl sites for hydroxylation is 1. The Morgan fingerprint density at radius 2 is 2.05 bits per heavy atom. The number of ether oxygens (including phenoxy) is 1. The van der Waals surface area contributed by atoms with Gasteiger partial charge in [0.25, 0.3) is 5.91 Å². The van der Waals surface area contributed by atoms with Crippen molar-refractivity contribution in [1.82, 2.24) is 15.5 Å². The number of benzene rings is 1. The number of hydrogen-bond donors (Lipinski definition) is 2. The van der Waals surface area contributed by atoms with Crippen LogP contribution in [0.5, 0.6) is 5.75 Å². The number of methoxy groups -OCH3 is 1. The van der Waals surface area contributed by atoms with Gasteiger partial charge in [0, 0.05) is 13.6 Å². The van der Waals surface area contributed by atoms with Gasteiger partial charge in [0.15, 0.2) is 5.69 Å². The molecule has 0 saturated carbocycles. The molecule has 2 aromatic rings. The molecule has 2 rings (SSSR count). The Kier molecular flexibility index (Phi) is 5.30. The van der Waals surface area contributed by atoms with E-state index in [0.717, 1.165) is 24.3 Å². The normalized spacial score (nSPS) is 10.1. The van der Waals surface area contributed by atoms with Gasteiger partial charge in [-0.2, -0.15) is 0 Å². The smallest absolute Gasteiger partial charge is 0.271 e. The third-order valence-corrected chi connectivity index (χ3v) is 3.32. The maximum Gasteiger partial charge on any atom is 0.271 e. The van der Waals surface area contributed by atoms with Crippen LogP contribution in [0, 0.1) is 6.92 Å². The van der Waals surface area contributed by atoms with Crippen LogP contribution >= 0.6 is 0 Å². The average Bonchev–Trinajstić information content (AvgIpc) is 2.56. The van der Waals surface area contributed by atoms with Gasteiger partial charge in [-0.1, -0.05) is 12.1 Å². The van der Waals surface area contributed by atoms with Crippen LogP contribution in [0.25, 0.3) is 0 Å². The second-order valence-corrected chi connectivity index (χ2v) is 4.86. The Morgan fingerprint density at radius 1 is 1.23 bits per heavy atom. The maximum absolute atomic E-state index is 11.4. The summed E-state index contributed by atoms with van der Waals surface area (Å²) < 4.78 is 5.32. The van der Waals surface area contributed by atoms with Gasteiger partial charge in [-0.05, 0) is 42.7 Å². The molecule has 0 radical (unpaired) electrons. The average molecular weight is 300 g/mol. The van der Waals surface area contributed by atoms with Crippen LogP contribution in [0.15, 0.2) is 30.3 Å². The minimum atomic E-state index is -0.245. The first-order chi connectivity index (χ1) is 10.6. The highest BCUT2D eigenvalue weighted by Gasteiger charge is 2.05. The molecule has 0 aliphatic rings. The van der Waals surface area contributed by atoms with E-state index >= 15 is 0 Å². The summed E-state index contributed by atoms with van der Waals surface area (Å²) in [6.45, 7) is 2.74. The van der Waals surface area contributed by atoms with Crippen molar-refractivity contribution in [1.29, 1.82) is 0 Å².